The Hall–Kier alpha value is -2.55. The van der Waals surface area contributed by atoms with Crippen molar-refractivity contribution in [3.05, 3.63) is 12.2 Å². The van der Waals surface area contributed by atoms with Crippen molar-refractivity contribution in [1.29, 1.82) is 0 Å². The topological polar surface area (TPSA) is 133 Å². The quantitative estimate of drug-likeness (QED) is 0.347. The van der Waals surface area contributed by atoms with E-state index in [-0.39, 0.29) is 18.6 Å². The van der Waals surface area contributed by atoms with Crippen LogP contribution in [0.15, 0.2) is 12.2 Å². The van der Waals surface area contributed by atoms with Crippen molar-refractivity contribution in [1.82, 2.24) is 0 Å². The van der Waals surface area contributed by atoms with Gasteiger partial charge in [0.25, 0.3) is 0 Å². The van der Waals surface area contributed by atoms with Gasteiger partial charge >= 0.3 is 17.9 Å². The Bertz CT molecular complexity index is 1030. The molecule has 3 aliphatic carbocycles. The Kier molecular flexibility index (Phi) is 6.84. The number of fused-ring (bicyclic) bond motifs is 3. The summed E-state index contributed by atoms with van der Waals surface area (Å²) in [5, 5.41) is 11.6. The van der Waals surface area contributed by atoms with Crippen LogP contribution in [0.25, 0.3) is 0 Å². The molecule has 1 N–H and O–H groups in total. The molecule has 0 aromatic rings. The van der Waals surface area contributed by atoms with Crippen LogP contribution in [0.2, 0.25) is 0 Å². The minimum Gasteiger partial charge on any atom is -0.468 e. The molecule has 1 unspecified atom stereocenters. The second-order valence-electron chi connectivity index (χ2n) is 11.8. The molecule has 0 aromatic heterocycles. The third-order valence-electron chi connectivity index (χ3n) is 9.74. The second kappa shape index (κ2) is 8.78. The van der Waals surface area contributed by atoms with Crippen LogP contribution in [0.5, 0.6) is 0 Å². The summed E-state index contributed by atoms with van der Waals surface area (Å²) >= 11 is 0. The summed E-state index contributed by atoms with van der Waals surface area (Å²) in [4.78, 5) is 65.8. The van der Waals surface area contributed by atoms with Crippen LogP contribution >= 0.6 is 0 Å². The molecule has 0 amide bonds. The van der Waals surface area contributed by atoms with Crippen molar-refractivity contribution in [2.24, 2.45) is 39.4 Å². The van der Waals surface area contributed by atoms with E-state index in [0.717, 1.165) is 7.11 Å². The third-order valence-corrected chi connectivity index (χ3v) is 9.74. The van der Waals surface area contributed by atoms with Gasteiger partial charge in [-0.3, -0.25) is 19.2 Å². The molecule has 9 heteroatoms. The lowest BCUT2D eigenvalue weighted by Gasteiger charge is -2.67. The van der Waals surface area contributed by atoms with Gasteiger partial charge in [0, 0.05) is 23.2 Å². The summed E-state index contributed by atoms with van der Waals surface area (Å²) in [6.07, 6.45) is -2.08. The molecule has 0 aliphatic heterocycles. The molecule has 9 nitrogen and oxygen atoms in total. The summed E-state index contributed by atoms with van der Waals surface area (Å²) in [6.45, 7) is 14.0. The SMILES string of the molecule is C=C1C[C@H]2[C@]3(C)CCC(=O)C(C)(C)[C@H]3C(=O)[C@@H](O)[C@]2(C)[C@@H](C(=O)OC(C)C(=O)OC)[C@]1(C)C(=O)OC. The van der Waals surface area contributed by atoms with E-state index >= 15 is 0 Å². The van der Waals surface area contributed by atoms with Crippen LogP contribution in [-0.4, -0.2) is 61.0 Å². The highest BCUT2D eigenvalue weighted by atomic mass is 16.6. The smallest absolute Gasteiger partial charge is 0.346 e. The molecule has 3 fully saturated rings. The van der Waals surface area contributed by atoms with E-state index in [1.807, 2.05) is 6.92 Å². The zero-order valence-corrected chi connectivity index (χ0v) is 22.4. The van der Waals surface area contributed by atoms with Crippen LogP contribution in [0, 0.1) is 39.4 Å². The van der Waals surface area contributed by atoms with Gasteiger partial charge in [-0.2, -0.15) is 0 Å². The summed E-state index contributed by atoms with van der Waals surface area (Å²) in [6, 6.07) is 0. The summed E-state index contributed by atoms with van der Waals surface area (Å²) < 4.78 is 15.2. The average molecular weight is 507 g/mol. The molecular weight excluding hydrogens is 468 g/mol. The van der Waals surface area contributed by atoms with Gasteiger partial charge in [-0.1, -0.05) is 39.8 Å². The van der Waals surface area contributed by atoms with Crippen molar-refractivity contribution < 1.29 is 43.3 Å². The molecule has 0 aromatic carbocycles. The number of rotatable bonds is 4. The minimum absolute atomic E-state index is 0.0500. The van der Waals surface area contributed by atoms with Crippen molar-refractivity contribution in [2.75, 3.05) is 14.2 Å². The Morgan fingerprint density at radius 3 is 2.17 bits per heavy atom. The third kappa shape index (κ3) is 3.49. The van der Waals surface area contributed by atoms with E-state index in [2.05, 4.69) is 11.3 Å². The van der Waals surface area contributed by atoms with Crippen LogP contribution in [0.1, 0.15) is 60.8 Å². The summed E-state index contributed by atoms with van der Waals surface area (Å²) in [7, 11) is 2.34. The van der Waals surface area contributed by atoms with Crippen molar-refractivity contribution in [2.45, 2.75) is 73.0 Å². The maximum absolute atomic E-state index is 13.9. The number of hydrogen-bond acceptors (Lipinski definition) is 9. The maximum Gasteiger partial charge on any atom is 0.346 e. The highest BCUT2D eigenvalue weighted by Crippen LogP contribution is 2.70. The molecule has 3 rings (SSSR count). The maximum atomic E-state index is 13.9. The largest absolute Gasteiger partial charge is 0.468 e. The van der Waals surface area contributed by atoms with Gasteiger partial charge in [-0.05, 0) is 38.0 Å². The van der Waals surface area contributed by atoms with Crippen LogP contribution in [0.4, 0.5) is 0 Å². The normalized spacial score (nSPS) is 40.4. The van der Waals surface area contributed by atoms with Gasteiger partial charge in [0.15, 0.2) is 11.9 Å². The van der Waals surface area contributed by atoms with E-state index < -0.39 is 75.3 Å². The molecule has 0 spiro atoms. The van der Waals surface area contributed by atoms with E-state index in [4.69, 9.17) is 9.47 Å². The summed E-state index contributed by atoms with van der Waals surface area (Å²) in [5.74, 6) is -5.74. The number of esters is 3. The van der Waals surface area contributed by atoms with Gasteiger partial charge in [-0.25, -0.2) is 4.79 Å². The van der Waals surface area contributed by atoms with Gasteiger partial charge in [0.1, 0.15) is 11.9 Å². The molecule has 0 bridgehead atoms. The predicted molar refractivity (Wildman–Crippen MR) is 127 cm³/mol. The number of ketones is 2. The fourth-order valence-corrected chi connectivity index (χ4v) is 7.77. The Labute approximate surface area is 211 Å². The molecular formula is C27H38O9. The Balaban J connectivity index is 2.26. The minimum atomic E-state index is -1.67. The highest BCUT2D eigenvalue weighted by molar-refractivity contribution is 5.98. The number of ether oxygens (including phenoxy) is 3. The molecule has 3 saturated carbocycles. The zero-order valence-electron chi connectivity index (χ0n) is 22.4. The van der Waals surface area contributed by atoms with Crippen molar-refractivity contribution >= 4 is 29.5 Å². The number of carbonyl (C=O) groups excluding carboxylic acids is 5. The van der Waals surface area contributed by atoms with E-state index in [9.17, 15) is 29.1 Å². The molecule has 36 heavy (non-hydrogen) atoms. The molecule has 8 atom stereocenters. The predicted octanol–water partition coefficient (Wildman–Crippen LogP) is 2.42. The fraction of sp³-hybridized carbons (Fsp3) is 0.741. The zero-order chi connectivity index (χ0) is 27.6. The van der Waals surface area contributed by atoms with Crippen molar-refractivity contribution in [3.8, 4) is 0 Å². The Morgan fingerprint density at radius 1 is 1.06 bits per heavy atom. The van der Waals surface area contributed by atoms with Gasteiger partial charge in [0.05, 0.1) is 25.6 Å². The number of hydrogen-bond donors (Lipinski definition) is 1. The number of methoxy groups -OCH3 is 2. The first kappa shape index (κ1) is 28.0. The highest BCUT2D eigenvalue weighted by Gasteiger charge is 2.75. The fourth-order valence-electron chi connectivity index (χ4n) is 7.77. The van der Waals surface area contributed by atoms with Crippen LogP contribution in [0.3, 0.4) is 0 Å². The average Bonchev–Trinajstić information content (AvgIpc) is 2.81. The molecule has 0 saturated heterocycles. The number of carbonyl (C=O) groups is 5. The van der Waals surface area contributed by atoms with Crippen LogP contribution in [-0.2, 0) is 38.2 Å². The number of aliphatic hydroxyl groups excluding tert-OH is 1. The summed E-state index contributed by atoms with van der Waals surface area (Å²) in [5.41, 5.74) is -4.49. The lowest BCUT2D eigenvalue weighted by Crippen LogP contribution is -2.72. The number of aliphatic hydroxyl groups is 1. The number of Topliss-reactive ketones (excluding diaryl/α,β-unsaturated/α-hetero) is 2. The first-order valence-corrected chi connectivity index (χ1v) is 12.3. The van der Waals surface area contributed by atoms with Gasteiger partial charge < -0.3 is 19.3 Å². The van der Waals surface area contributed by atoms with E-state index in [1.165, 1.54) is 21.0 Å². The van der Waals surface area contributed by atoms with Crippen LogP contribution < -0.4 is 0 Å². The molecule has 3 aliphatic rings. The second-order valence-corrected chi connectivity index (χ2v) is 11.8. The first-order valence-electron chi connectivity index (χ1n) is 12.3. The standard InChI is InChI=1S/C27H38O9/c1-13-12-15-25(5)11-10-16(28)24(3,4)18(25)17(29)20(30)27(15,7)19(26(13,6)23(33)35-9)22(32)36-14(2)21(31)34-8/h14-15,18-20,30H,1,10-12H2,2-9H3/t14?,15-,18+,19-,20+,25-,26+,27-/m0/s1. The van der Waals surface area contributed by atoms with E-state index in [0.29, 0.717) is 12.0 Å². The first-order chi connectivity index (χ1) is 16.5. The molecule has 0 heterocycles. The van der Waals surface area contributed by atoms with Gasteiger partial charge in [-0.15, -0.1) is 0 Å². The van der Waals surface area contributed by atoms with Gasteiger partial charge in [0.2, 0.25) is 0 Å². The lowest BCUT2D eigenvalue weighted by molar-refractivity contribution is -0.225. The Morgan fingerprint density at radius 2 is 1.64 bits per heavy atom. The monoisotopic (exact) mass is 506 g/mol. The lowest BCUT2D eigenvalue weighted by atomic mass is 9.35. The molecule has 0 radical (unpaired) electrons. The molecule has 200 valence electrons. The van der Waals surface area contributed by atoms with E-state index in [1.54, 1.807) is 20.8 Å². The van der Waals surface area contributed by atoms with Crippen molar-refractivity contribution in [3.63, 3.8) is 0 Å².